The Morgan fingerprint density at radius 2 is 1.93 bits per heavy atom. The fourth-order valence-electron chi connectivity index (χ4n) is 2.59. The minimum atomic E-state index is -0.230. The molecule has 144 valence electrons. The zero-order chi connectivity index (χ0) is 19.7. The minimum absolute atomic E-state index is 0.00143. The highest BCUT2D eigenvalue weighted by Crippen LogP contribution is 2.31. The predicted molar refractivity (Wildman–Crippen MR) is 110 cm³/mol. The molecule has 1 fully saturated rings. The maximum absolute atomic E-state index is 12.3. The van der Waals surface area contributed by atoms with Gasteiger partial charge in [-0.3, -0.25) is 14.4 Å². The molecule has 0 atom stereocenters. The molecule has 0 aliphatic heterocycles. The highest BCUT2D eigenvalue weighted by Gasteiger charge is 2.30. The van der Waals surface area contributed by atoms with Crippen molar-refractivity contribution in [3.8, 4) is 0 Å². The fraction of sp³-hybridized carbons (Fsp3) is 0.278. The Balaban J connectivity index is 1.37. The Kier molecular flexibility index (Phi) is 5.05. The van der Waals surface area contributed by atoms with E-state index in [4.69, 9.17) is 0 Å². The molecule has 3 N–H and O–H groups in total. The molecule has 2 heterocycles. The first-order valence-corrected chi connectivity index (χ1v) is 10.4. The summed E-state index contributed by atoms with van der Waals surface area (Å²) in [7, 11) is 0. The van der Waals surface area contributed by atoms with Crippen LogP contribution in [0.25, 0.3) is 10.2 Å². The number of nitrogens with zero attached hydrogens (tertiary/aromatic N) is 2. The monoisotopic (exact) mass is 415 g/mol. The van der Waals surface area contributed by atoms with E-state index in [1.165, 1.54) is 29.6 Å². The summed E-state index contributed by atoms with van der Waals surface area (Å²) in [6, 6.07) is 5.38. The zero-order valence-corrected chi connectivity index (χ0v) is 16.6. The molecule has 28 heavy (non-hydrogen) atoms. The molecular formula is C18H17N5O3S2. The summed E-state index contributed by atoms with van der Waals surface area (Å²) in [5.74, 6) is -0.265. The van der Waals surface area contributed by atoms with Crippen LogP contribution >= 0.6 is 22.7 Å². The van der Waals surface area contributed by atoms with Crippen molar-refractivity contribution in [3.05, 3.63) is 29.3 Å². The van der Waals surface area contributed by atoms with Crippen LogP contribution < -0.4 is 16.0 Å². The molecule has 1 aromatic carbocycles. The summed E-state index contributed by atoms with van der Waals surface area (Å²) in [5, 5.41) is 11.0. The van der Waals surface area contributed by atoms with Crippen molar-refractivity contribution in [3.63, 3.8) is 0 Å². The van der Waals surface area contributed by atoms with Crippen LogP contribution in [0.4, 0.5) is 16.0 Å². The summed E-state index contributed by atoms with van der Waals surface area (Å²) in [5.41, 5.74) is 2.03. The number of fused-ring (bicyclic) bond motifs is 1. The van der Waals surface area contributed by atoms with Crippen LogP contribution in [0.15, 0.2) is 23.6 Å². The topological polar surface area (TPSA) is 113 Å². The standard InChI is InChI=1S/C18H17N5O3S2/c1-9(24)19-11-4-5-13-14(6-11)28-18(21-13)22-15(25)7-12-8-27-17(20-12)23-16(26)10-2-3-10/h4-6,8,10H,2-3,7H2,1H3,(H,19,24)(H,20,23,26)(H,21,22,25). The van der Waals surface area contributed by atoms with Crippen LogP contribution in [-0.2, 0) is 20.8 Å². The number of hydrogen-bond donors (Lipinski definition) is 3. The number of benzene rings is 1. The van der Waals surface area contributed by atoms with Crippen LogP contribution in [0.2, 0.25) is 0 Å². The van der Waals surface area contributed by atoms with Gasteiger partial charge in [-0.15, -0.1) is 11.3 Å². The lowest BCUT2D eigenvalue weighted by Gasteiger charge is -1.99. The van der Waals surface area contributed by atoms with Crippen molar-refractivity contribution in [1.29, 1.82) is 0 Å². The third-order valence-corrected chi connectivity index (χ3v) is 5.77. The van der Waals surface area contributed by atoms with Gasteiger partial charge in [-0.05, 0) is 31.0 Å². The Labute approximate surface area is 168 Å². The van der Waals surface area contributed by atoms with Crippen LogP contribution in [0.3, 0.4) is 0 Å². The quantitative estimate of drug-likeness (QED) is 0.572. The highest BCUT2D eigenvalue weighted by molar-refractivity contribution is 7.22. The lowest BCUT2D eigenvalue weighted by atomic mass is 10.3. The fourth-order valence-corrected chi connectivity index (χ4v) is 4.22. The summed E-state index contributed by atoms with van der Waals surface area (Å²) in [6.45, 7) is 1.45. The Morgan fingerprint density at radius 3 is 2.68 bits per heavy atom. The van der Waals surface area contributed by atoms with E-state index < -0.39 is 0 Å². The van der Waals surface area contributed by atoms with Crippen molar-refractivity contribution in [1.82, 2.24) is 9.97 Å². The molecule has 1 saturated carbocycles. The van der Waals surface area contributed by atoms with E-state index in [9.17, 15) is 14.4 Å². The van der Waals surface area contributed by atoms with Crippen molar-refractivity contribution in [2.24, 2.45) is 5.92 Å². The molecule has 8 nitrogen and oxygen atoms in total. The molecule has 0 radical (unpaired) electrons. The zero-order valence-electron chi connectivity index (χ0n) is 14.9. The van der Waals surface area contributed by atoms with Gasteiger partial charge >= 0.3 is 0 Å². The largest absolute Gasteiger partial charge is 0.326 e. The lowest BCUT2D eigenvalue weighted by molar-refractivity contribution is -0.117. The Morgan fingerprint density at radius 1 is 1.11 bits per heavy atom. The molecule has 3 amide bonds. The van der Waals surface area contributed by atoms with E-state index in [1.807, 2.05) is 6.07 Å². The smallest absolute Gasteiger partial charge is 0.232 e. The lowest BCUT2D eigenvalue weighted by Crippen LogP contribution is -2.15. The molecule has 0 bridgehead atoms. The van der Waals surface area contributed by atoms with Gasteiger partial charge in [-0.1, -0.05) is 11.3 Å². The Hall–Kier alpha value is -2.85. The van der Waals surface area contributed by atoms with E-state index in [0.29, 0.717) is 21.6 Å². The second-order valence-electron chi connectivity index (χ2n) is 6.52. The molecule has 10 heteroatoms. The normalized spacial score (nSPS) is 13.3. The highest BCUT2D eigenvalue weighted by atomic mass is 32.1. The first-order chi connectivity index (χ1) is 13.5. The minimum Gasteiger partial charge on any atom is -0.326 e. The second-order valence-corrected chi connectivity index (χ2v) is 8.40. The Bertz CT molecular complexity index is 1070. The summed E-state index contributed by atoms with van der Waals surface area (Å²) in [4.78, 5) is 43.9. The molecule has 3 aromatic rings. The van der Waals surface area contributed by atoms with Gasteiger partial charge in [0.05, 0.1) is 22.3 Å². The number of amides is 3. The first kappa shape index (κ1) is 18.5. The number of nitrogens with one attached hydrogen (secondary N) is 3. The number of aromatic nitrogens is 2. The summed E-state index contributed by atoms with van der Waals surface area (Å²) < 4.78 is 0.861. The summed E-state index contributed by atoms with van der Waals surface area (Å²) in [6.07, 6.45) is 1.96. The first-order valence-electron chi connectivity index (χ1n) is 8.69. The van der Waals surface area contributed by atoms with Gasteiger partial charge in [-0.25, -0.2) is 9.97 Å². The van der Waals surface area contributed by atoms with Crippen LogP contribution in [-0.4, -0.2) is 27.7 Å². The number of rotatable bonds is 6. The third kappa shape index (κ3) is 4.52. The van der Waals surface area contributed by atoms with E-state index in [-0.39, 0.29) is 30.1 Å². The maximum Gasteiger partial charge on any atom is 0.232 e. The van der Waals surface area contributed by atoms with Crippen molar-refractivity contribution in [2.45, 2.75) is 26.2 Å². The van der Waals surface area contributed by atoms with Crippen LogP contribution in [0.5, 0.6) is 0 Å². The van der Waals surface area contributed by atoms with Crippen molar-refractivity contribution >= 4 is 66.6 Å². The number of thiazole rings is 2. The summed E-state index contributed by atoms with van der Waals surface area (Å²) >= 11 is 2.64. The number of anilines is 3. The third-order valence-electron chi connectivity index (χ3n) is 4.03. The number of carbonyl (C=O) groups is 3. The maximum atomic E-state index is 12.3. The average molecular weight is 416 g/mol. The van der Waals surface area contributed by atoms with E-state index >= 15 is 0 Å². The van der Waals surface area contributed by atoms with Gasteiger partial charge in [0, 0.05) is 23.9 Å². The molecule has 4 rings (SSSR count). The van der Waals surface area contributed by atoms with Crippen molar-refractivity contribution < 1.29 is 14.4 Å². The second kappa shape index (κ2) is 7.64. The molecule has 2 aromatic heterocycles. The van der Waals surface area contributed by atoms with Gasteiger partial charge in [0.2, 0.25) is 17.7 Å². The SMILES string of the molecule is CC(=O)Nc1ccc2nc(NC(=O)Cc3csc(NC(=O)C4CC4)n3)sc2c1. The van der Waals surface area contributed by atoms with Crippen LogP contribution in [0, 0.1) is 5.92 Å². The van der Waals surface area contributed by atoms with Crippen molar-refractivity contribution in [2.75, 3.05) is 16.0 Å². The molecule has 1 aliphatic rings. The van der Waals surface area contributed by atoms with E-state index in [1.54, 1.807) is 17.5 Å². The number of carbonyl (C=O) groups excluding carboxylic acids is 3. The molecule has 0 unspecified atom stereocenters. The molecule has 0 saturated heterocycles. The van der Waals surface area contributed by atoms with Gasteiger partial charge < -0.3 is 16.0 Å². The molecular weight excluding hydrogens is 398 g/mol. The van der Waals surface area contributed by atoms with Gasteiger partial charge in [-0.2, -0.15) is 0 Å². The van der Waals surface area contributed by atoms with E-state index in [2.05, 4.69) is 25.9 Å². The molecule has 1 aliphatic carbocycles. The molecule has 0 spiro atoms. The van der Waals surface area contributed by atoms with Gasteiger partial charge in [0.1, 0.15) is 0 Å². The van der Waals surface area contributed by atoms with Gasteiger partial charge in [0.25, 0.3) is 0 Å². The average Bonchev–Trinajstić information content (AvgIpc) is 3.28. The number of hydrogen-bond acceptors (Lipinski definition) is 7. The van der Waals surface area contributed by atoms with E-state index in [0.717, 1.165) is 23.1 Å². The van der Waals surface area contributed by atoms with Gasteiger partial charge in [0.15, 0.2) is 10.3 Å². The predicted octanol–water partition coefficient (Wildman–Crippen LogP) is 3.24. The van der Waals surface area contributed by atoms with Crippen LogP contribution in [0.1, 0.15) is 25.5 Å².